The predicted octanol–water partition coefficient (Wildman–Crippen LogP) is 0.874. The molecule has 0 atom stereocenters. The Morgan fingerprint density at radius 3 is 2.52 bits per heavy atom. The molecule has 1 aromatic rings. The van der Waals surface area contributed by atoms with Crippen LogP contribution in [0, 0.1) is 0 Å². The van der Waals surface area contributed by atoms with Crippen molar-refractivity contribution in [1.82, 2.24) is 9.62 Å². The van der Waals surface area contributed by atoms with Crippen LogP contribution in [0.2, 0.25) is 0 Å². The van der Waals surface area contributed by atoms with Crippen molar-refractivity contribution in [2.75, 3.05) is 41.3 Å². The highest BCUT2D eigenvalue weighted by Gasteiger charge is 2.32. The standard InChI is InChI=1S/C16H23N3O3S/c1-18-14(16(20)17-10-7-11-19(2,3)4)12-13-8-5-6-9-15(13)23(18,21)22/h5-6,8-9,12H,7,10-11H2,1-4H3/p+1. The van der Waals surface area contributed by atoms with E-state index in [0.717, 1.165) is 21.8 Å². The number of carbonyl (C=O) groups excluding carboxylic acids is 1. The minimum Gasteiger partial charge on any atom is -0.351 e. The average molecular weight is 338 g/mol. The maximum atomic E-state index is 12.5. The van der Waals surface area contributed by atoms with Gasteiger partial charge in [0.2, 0.25) is 0 Å². The molecule has 126 valence electrons. The van der Waals surface area contributed by atoms with Crippen molar-refractivity contribution in [1.29, 1.82) is 0 Å². The molecule has 1 N–H and O–H groups in total. The maximum absolute atomic E-state index is 12.5. The third-order valence-corrected chi connectivity index (χ3v) is 5.56. The summed E-state index contributed by atoms with van der Waals surface area (Å²) in [5, 5.41) is 2.80. The molecule has 0 saturated heterocycles. The van der Waals surface area contributed by atoms with Crippen molar-refractivity contribution in [3.63, 3.8) is 0 Å². The molecule has 0 radical (unpaired) electrons. The van der Waals surface area contributed by atoms with E-state index >= 15 is 0 Å². The first-order valence-electron chi connectivity index (χ1n) is 7.51. The van der Waals surface area contributed by atoms with Crippen LogP contribution in [0.5, 0.6) is 0 Å². The van der Waals surface area contributed by atoms with Gasteiger partial charge in [-0.05, 0) is 17.7 Å². The molecule has 6 nitrogen and oxygen atoms in total. The zero-order valence-corrected chi connectivity index (χ0v) is 14.9. The van der Waals surface area contributed by atoms with Gasteiger partial charge in [0.15, 0.2) is 0 Å². The van der Waals surface area contributed by atoms with Gasteiger partial charge in [-0.2, -0.15) is 0 Å². The summed E-state index contributed by atoms with van der Waals surface area (Å²) in [6.45, 7) is 1.44. The van der Waals surface area contributed by atoms with Crippen LogP contribution in [-0.2, 0) is 14.8 Å². The van der Waals surface area contributed by atoms with E-state index in [9.17, 15) is 13.2 Å². The van der Waals surface area contributed by atoms with E-state index < -0.39 is 10.0 Å². The predicted molar refractivity (Wildman–Crippen MR) is 89.9 cm³/mol. The lowest BCUT2D eigenvalue weighted by atomic mass is 10.2. The molecule has 7 heteroatoms. The van der Waals surface area contributed by atoms with E-state index in [1.807, 2.05) is 0 Å². The van der Waals surface area contributed by atoms with Crippen molar-refractivity contribution in [2.24, 2.45) is 0 Å². The molecule has 1 heterocycles. The highest BCUT2D eigenvalue weighted by atomic mass is 32.2. The lowest BCUT2D eigenvalue weighted by Crippen LogP contribution is -2.40. The van der Waals surface area contributed by atoms with Crippen LogP contribution in [0.25, 0.3) is 6.08 Å². The SMILES string of the molecule is CN1C(C(=O)NCCC[N+](C)(C)C)=Cc2ccccc2S1(=O)=O. The van der Waals surface area contributed by atoms with Gasteiger partial charge < -0.3 is 9.80 Å². The van der Waals surface area contributed by atoms with Crippen LogP contribution in [0.15, 0.2) is 34.9 Å². The summed E-state index contributed by atoms with van der Waals surface area (Å²) in [5.41, 5.74) is 0.691. The summed E-state index contributed by atoms with van der Waals surface area (Å²) < 4.78 is 26.8. The third-order valence-electron chi connectivity index (χ3n) is 3.71. The normalized spacial score (nSPS) is 16.5. The molecule has 2 rings (SSSR count). The maximum Gasteiger partial charge on any atom is 0.268 e. The number of fused-ring (bicyclic) bond motifs is 1. The van der Waals surface area contributed by atoms with E-state index in [1.165, 1.54) is 7.05 Å². The van der Waals surface area contributed by atoms with Gasteiger partial charge in [-0.15, -0.1) is 0 Å². The van der Waals surface area contributed by atoms with E-state index in [1.54, 1.807) is 30.3 Å². The second-order valence-corrected chi connectivity index (χ2v) is 8.60. The zero-order chi connectivity index (χ0) is 17.3. The number of sulfonamides is 1. The minimum atomic E-state index is -3.67. The molecule has 0 aliphatic carbocycles. The third kappa shape index (κ3) is 3.92. The second kappa shape index (κ2) is 6.33. The summed E-state index contributed by atoms with van der Waals surface area (Å²) in [6, 6.07) is 6.68. The highest BCUT2D eigenvalue weighted by Crippen LogP contribution is 2.29. The zero-order valence-electron chi connectivity index (χ0n) is 14.0. The molecule has 1 amide bonds. The van der Waals surface area contributed by atoms with Crippen molar-refractivity contribution < 1.29 is 17.7 Å². The molecule has 0 saturated carbocycles. The lowest BCUT2D eigenvalue weighted by molar-refractivity contribution is -0.870. The number of nitrogens with zero attached hydrogens (tertiary/aromatic N) is 2. The number of likely N-dealkylation sites (N-methyl/N-ethyl adjacent to an activating group) is 1. The van der Waals surface area contributed by atoms with Gasteiger partial charge >= 0.3 is 0 Å². The van der Waals surface area contributed by atoms with Crippen LogP contribution in [0.1, 0.15) is 12.0 Å². The summed E-state index contributed by atoms with van der Waals surface area (Å²) in [7, 11) is 4.00. The fourth-order valence-electron chi connectivity index (χ4n) is 2.40. The first-order chi connectivity index (χ1) is 10.6. The van der Waals surface area contributed by atoms with E-state index in [0.29, 0.717) is 12.1 Å². The number of hydrogen-bond donors (Lipinski definition) is 1. The molecule has 1 aliphatic rings. The van der Waals surface area contributed by atoms with Gasteiger partial charge in [0, 0.05) is 20.0 Å². The fourth-order valence-corrected chi connectivity index (χ4v) is 3.77. The van der Waals surface area contributed by atoms with Gasteiger partial charge in [-0.3, -0.25) is 9.10 Å². The summed E-state index contributed by atoms with van der Waals surface area (Å²) in [5.74, 6) is -0.369. The molecule has 1 aliphatic heterocycles. The van der Waals surface area contributed by atoms with Crippen molar-refractivity contribution in [2.45, 2.75) is 11.3 Å². The average Bonchev–Trinajstić information content (AvgIpc) is 2.46. The van der Waals surface area contributed by atoms with E-state index in [2.05, 4.69) is 26.5 Å². The Kier molecular flexibility index (Phi) is 4.81. The Hall–Kier alpha value is -1.86. The monoisotopic (exact) mass is 338 g/mol. The fraction of sp³-hybridized carbons (Fsp3) is 0.438. The van der Waals surface area contributed by atoms with Crippen LogP contribution < -0.4 is 5.32 Å². The molecule has 0 unspecified atom stereocenters. The topological polar surface area (TPSA) is 66.5 Å². The number of hydrogen-bond acceptors (Lipinski definition) is 3. The molecule has 23 heavy (non-hydrogen) atoms. The van der Waals surface area contributed by atoms with Gasteiger partial charge in [0.1, 0.15) is 5.70 Å². The van der Waals surface area contributed by atoms with Crippen molar-refractivity contribution >= 4 is 22.0 Å². The molecule has 0 fully saturated rings. The van der Waals surface area contributed by atoms with Crippen molar-refractivity contribution in [3.05, 3.63) is 35.5 Å². The van der Waals surface area contributed by atoms with Crippen molar-refractivity contribution in [3.8, 4) is 0 Å². The molecular formula is C16H24N3O3S+. The van der Waals surface area contributed by atoms with Crippen LogP contribution in [0.4, 0.5) is 0 Å². The minimum absolute atomic E-state index is 0.147. The van der Waals surface area contributed by atoms with Crippen LogP contribution in [-0.4, -0.2) is 64.4 Å². The molecule has 0 bridgehead atoms. The van der Waals surface area contributed by atoms with Gasteiger partial charge in [0.25, 0.3) is 15.9 Å². The molecule has 1 aromatic carbocycles. The number of carbonyl (C=O) groups is 1. The van der Waals surface area contributed by atoms with Gasteiger partial charge in [-0.25, -0.2) is 8.42 Å². The Balaban J connectivity index is 2.13. The van der Waals surface area contributed by atoms with Crippen LogP contribution >= 0.6 is 0 Å². The number of rotatable bonds is 5. The van der Waals surface area contributed by atoms with Gasteiger partial charge in [0.05, 0.1) is 32.6 Å². The quantitative estimate of drug-likeness (QED) is 0.640. The Morgan fingerprint density at radius 2 is 1.87 bits per heavy atom. The van der Waals surface area contributed by atoms with E-state index in [4.69, 9.17) is 0 Å². The lowest BCUT2D eigenvalue weighted by Gasteiger charge is -2.27. The first-order valence-corrected chi connectivity index (χ1v) is 8.95. The smallest absolute Gasteiger partial charge is 0.268 e. The molecular weight excluding hydrogens is 314 g/mol. The number of quaternary nitrogens is 1. The summed E-state index contributed by atoms with van der Waals surface area (Å²) >= 11 is 0. The van der Waals surface area contributed by atoms with Gasteiger partial charge in [-0.1, -0.05) is 18.2 Å². The van der Waals surface area contributed by atoms with E-state index in [-0.39, 0.29) is 16.5 Å². The van der Waals surface area contributed by atoms with Crippen LogP contribution in [0.3, 0.4) is 0 Å². The largest absolute Gasteiger partial charge is 0.351 e. The first kappa shape index (κ1) is 17.5. The second-order valence-electron chi connectivity index (χ2n) is 6.66. The Morgan fingerprint density at radius 1 is 1.22 bits per heavy atom. The highest BCUT2D eigenvalue weighted by molar-refractivity contribution is 7.89. The summed E-state index contributed by atoms with van der Waals surface area (Å²) in [4.78, 5) is 12.6. The summed E-state index contributed by atoms with van der Waals surface area (Å²) in [6.07, 6.45) is 2.45. The Labute approximate surface area is 138 Å². The Bertz CT molecular complexity index is 733. The molecule has 0 spiro atoms. The molecule has 0 aromatic heterocycles. The number of amides is 1. The number of benzene rings is 1. The number of nitrogens with one attached hydrogen (secondary N) is 1.